The normalized spacial score (nSPS) is 18.8. The van der Waals surface area contributed by atoms with Crippen LogP contribution in [0, 0.1) is 11.8 Å². The van der Waals surface area contributed by atoms with Gasteiger partial charge in [0.2, 0.25) is 0 Å². The number of ether oxygens (including phenoxy) is 1. The van der Waals surface area contributed by atoms with Crippen LogP contribution in [0.3, 0.4) is 0 Å². The van der Waals surface area contributed by atoms with Crippen molar-refractivity contribution < 1.29 is 9.84 Å². The number of rotatable bonds is 3. The molecule has 1 fully saturated rings. The number of benzene rings is 1. The minimum Gasteiger partial charge on any atom is -0.489 e. The summed E-state index contributed by atoms with van der Waals surface area (Å²) in [5.74, 6) is 6.88. The maximum absolute atomic E-state index is 10.4. The van der Waals surface area contributed by atoms with Crippen molar-refractivity contribution in [1.82, 2.24) is 0 Å². The Hall–Kier alpha value is -1.50. The van der Waals surface area contributed by atoms with Crippen LogP contribution in [0.5, 0.6) is 5.75 Å². The van der Waals surface area contributed by atoms with Crippen molar-refractivity contribution in [2.75, 3.05) is 6.54 Å². The van der Waals surface area contributed by atoms with Gasteiger partial charge in [-0.05, 0) is 50.8 Å². The van der Waals surface area contributed by atoms with Crippen molar-refractivity contribution in [3.8, 4) is 17.6 Å². The molecule has 1 atom stereocenters. The van der Waals surface area contributed by atoms with Crippen LogP contribution in [0.2, 0.25) is 0 Å². The Morgan fingerprint density at radius 3 is 2.80 bits per heavy atom. The van der Waals surface area contributed by atoms with Crippen molar-refractivity contribution in [2.24, 2.45) is 5.73 Å². The second-order valence-corrected chi connectivity index (χ2v) is 5.53. The smallest absolute Gasteiger partial charge is 0.125 e. The second-order valence-electron chi connectivity index (χ2n) is 5.53. The van der Waals surface area contributed by atoms with E-state index < -0.39 is 5.60 Å². The molecular weight excluding hydrogens is 250 g/mol. The molecule has 3 N–H and O–H groups in total. The first-order valence-electron chi connectivity index (χ1n) is 7.34. The zero-order valence-corrected chi connectivity index (χ0v) is 12.1. The van der Waals surface area contributed by atoms with E-state index in [4.69, 9.17) is 10.5 Å². The topological polar surface area (TPSA) is 55.5 Å². The summed E-state index contributed by atoms with van der Waals surface area (Å²) in [6.45, 7) is 2.42. The molecule has 0 amide bonds. The molecule has 20 heavy (non-hydrogen) atoms. The van der Waals surface area contributed by atoms with Gasteiger partial charge in [-0.15, -0.1) is 0 Å². The van der Waals surface area contributed by atoms with Crippen LogP contribution in [0.1, 0.15) is 44.6 Å². The minimum atomic E-state index is -0.806. The predicted molar refractivity (Wildman–Crippen MR) is 80.5 cm³/mol. The summed E-state index contributed by atoms with van der Waals surface area (Å²) in [5, 5.41) is 10.4. The third-order valence-corrected chi connectivity index (χ3v) is 3.62. The van der Waals surface area contributed by atoms with E-state index in [9.17, 15) is 5.11 Å². The number of aliphatic hydroxyl groups is 1. The first kappa shape index (κ1) is 14.9. The summed E-state index contributed by atoms with van der Waals surface area (Å²) < 4.78 is 5.67. The van der Waals surface area contributed by atoms with Crippen molar-refractivity contribution >= 4 is 0 Å². The maximum Gasteiger partial charge on any atom is 0.125 e. The molecule has 3 nitrogen and oxygen atoms in total. The lowest BCUT2D eigenvalue weighted by molar-refractivity contribution is 0.0610. The van der Waals surface area contributed by atoms with Crippen LogP contribution in [0.15, 0.2) is 24.3 Å². The molecule has 0 bridgehead atoms. The van der Waals surface area contributed by atoms with E-state index >= 15 is 0 Å². The van der Waals surface area contributed by atoms with Gasteiger partial charge in [0, 0.05) is 12.1 Å². The van der Waals surface area contributed by atoms with Crippen LogP contribution >= 0.6 is 0 Å². The zero-order chi connectivity index (χ0) is 14.4. The fourth-order valence-electron chi connectivity index (χ4n) is 2.38. The molecule has 1 unspecified atom stereocenters. The van der Waals surface area contributed by atoms with Crippen LogP contribution in [0.4, 0.5) is 0 Å². The SMILES string of the molecule is CC(CN)Oc1cccc(C#CC2(O)CCCCC2)c1. The lowest BCUT2D eigenvalue weighted by Gasteiger charge is -2.26. The molecular formula is C17H23NO2. The number of hydrogen-bond donors (Lipinski definition) is 2. The number of hydrogen-bond acceptors (Lipinski definition) is 3. The van der Waals surface area contributed by atoms with E-state index in [1.54, 1.807) is 0 Å². The molecule has 1 aromatic rings. The molecule has 2 rings (SSSR count). The Kier molecular flexibility index (Phi) is 5.05. The van der Waals surface area contributed by atoms with E-state index in [1.165, 1.54) is 6.42 Å². The summed E-state index contributed by atoms with van der Waals surface area (Å²) in [4.78, 5) is 0. The van der Waals surface area contributed by atoms with Gasteiger partial charge in [-0.25, -0.2) is 0 Å². The van der Waals surface area contributed by atoms with Gasteiger partial charge in [-0.1, -0.05) is 24.3 Å². The number of nitrogens with two attached hydrogens (primary N) is 1. The minimum absolute atomic E-state index is 0.0132. The standard InChI is InChI=1S/C17H23NO2/c1-14(13-18)20-16-7-5-6-15(12-16)8-11-17(19)9-3-2-4-10-17/h5-7,12,14,19H,2-4,9-10,13,18H2,1H3. The first-order valence-corrected chi connectivity index (χ1v) is 7.34. The van der Waals surface area contributed by atoms with E-state index in [0.717, 1.165) is 37.0 Å². The monoisotopic (exact) mass is 273 g/mol. The van der Waals surface area contributed by atoms with Gasteiger partial charge in [-0.2, -0.15) is 0 Å². The fourth-order valence-corrected chi connectivity index (χ4v) is 2.38. The van der Waals surface area contributed by atoms with E-state index in [-0.39, 0.29) is 6.10 Å². The first-order chi connectivity index (χ1) is 9.61. The van der Waals surface area contributed by atoms with Crippen molar-refractivity contribution in [3.63, 3.8) is 0 Å². The van der Waals surface area contributed by atoms with E-state index in [2.05, 4.69) is 11.8 Å². The zero-order valence-electron chi connectivity index (χ0n) is 12.1. The highest BCUT2D eigenvalue weighted by atomic mass is 16.5. The van der Waals surface area contributed by atoms with Crippen LogP contribution in [-0.2, 0) is 0 Å². The average Bonchev–Trinajstić information content (AvgIpc) is 2.46. The van der Waals surface area contributed by atoms with Crippen LogP contribution in [0.25, 0.3) is 0 Å². The highest BCUT2D eigenvalue weighted by Gasteiger charge is 2.26. The van der Waals surface area contributed by atoms with Crippen LogP contribution < -0.4 is 10.5 Å². The molecule has 0 heterocycles. The highest BCUT2D eigenvalue weighted by molar-refractivity contribution is 5.41. The third-order valence-electron chi connectivity index (χ3n) is 3.62. The largest absolute Gasteiger partial charge is 0.489 e. The Bertz CT molecular complexity index is 495. The maximum atomic E-state index is 10.4. The molecule has 0 spiro atoms. The van der Waals surface area contributed by atoms with Gasteiger partial charge in [0.1, 0.15) is 17.5 Å². The quantitative estimate of drug-likeness (QED) is 0.832. The van der Waals surface area contributed by atoms with Gasteiger partial charge in [0.15, 0.2) is 0 Å². The lowest BCUT2D eigenvalue weighted by Crippen LogP contribution is -2.29. The molecule has 1 aliphatic rings. The van der Waals surface area contributed by atoms with Crippen molar-refractivity contribution in [3.05, 3.63) is 29.8 Å². The Morgan fingerprint density at radius 2 is 2.10 bits per heavy atom. The summed E-state index contributed by atoms with van der Waals surface area (Å²) in [6.07, 6.45) is 4.86. The molecule has 0 radical (unpaired) electrons. The Morgan fingerprint density at radius 1 is 1.35 bits per heavy atom. The Balaban J connectivity index is 2.08. The second kappa shape index (κ2) is 6.78. The van der Waals surface area contributed by atoms with Gasteiger partial charge in [0.05, 0.1) is 0 Å². The van der Waals surface area contributed by atoms with Gasteiger partial charge in [0.25, 0.3) is 0 Å². The summed E-state index contributed by atoms with van der Waals surface area (Å²) in [6, 6.07) is 7.63. The molecule has 1 saturated carbocycles. The fraction of sp³-hybridized carbons (Fsp3) is 0.529. The molecule has 3 heteroatoms. The average molecular weight is 273 g/mol. The molecule has 108 valence electrons. The van der Waals surface area contributed by atoms with Crippen LogP contribution in [-0.4, -0.2) is 23.4 Å². The summed E-state index contributed by atoms with van der Waals surface area (Å²) in [7, 11) is 0. The molecule has 1 aromatic carbocycles. The third kappa shape index (κ3) is 4.26. The summed E-state index contributed by atoms with van der Waals surface area (Å²) >= 11 is 0. The highest BCUT2D eigenvalue weighted by Crippen LogP contribution is 2.27. The van der Waals surface area contributed by atoms with Gasteiger partial charge < -0.3 is 15.6 Å². The van der Waals surface area contributed by atoms with Crippen molar-refractivity contribution in [1.29, 1.82) is 0 Å². The molecule has 1 aliphatic carbocycles. The van der Waals surface area contributed by atoms with E-state index in [1.807, 2.05) is 31.2 Å². The predicted octanol–water partition coefficient (Wildman–Crippen LogP) is 2.46. The molecule has 0 aromatic heterocycles. The lowest BCUT2D eigenvalue weighted by atomic mass is 9.85. The van der Waals surface area contributed by atoms with E-state index in [0.29, 0.717) is 6.54 Å². The van der Waals surface area contributed by atoms with Gasteiger partial charge in [-0.3, -0.25) is 0 Å². The molecule has 0 aliphatic heterocycles. The Labute approximate surface area is 121 Å². The van der Waals surface area contributed by atoms with Crippen molar-refractivity contribution in [2.45, 2.75) is 50.7 Å². The summed E-state index contributed by atoms with van der Waals surface area (Å²) in [5.41, 5.74) is 5.61. The van der Waals surface area contributed by atoms with Gasteiger partial charge >= 0.3 is 0 Å². The molecule has 0 saturated heterocycles.